The van der Waals surface area contributed by atoms with E-state index in [4.69, 9.17) is 15.9 Å². The molecule has 0 radical (unpaired) electrons. The van der Waals surface area contributed by atoms with Gasteiger partial charge in [-0.2, -0.15) is 5.26 Å². The normalized spacial score (nSPS) is 14.7. The molecule has 15 heavy (non-hydrogen) atoms. The first-order chi connectivity index (χ1) is 7.02. The molecule has 0 bridgehead atoms. The van der Waals surface area contributed by atoms with Crippen molar-refractivity contribution in [1.29, 1.82) is 5.26 Å². The van der Waals surface area contributed by atoms with E-state index in [1.165, 1.54) is 0 Å². The molecule has 0 fully saturated rings. The molecule has 0 unspecified atom stereocenters. The van der Waals surface area contributed by atoms with Crippen LogP contribution in [0.25, 0.3) is 0 Å². The van der Waals surface area contributed by atoms with Crippen molar-refractivity contribution < 1.29 is 8.42 Å². The number of hydrogen-bond acceptors (Lipinski definition) is 4. The van der Waals surface area contributed by atoms with E-state index in [-0.39, 0.29) is 10.6 Å². The Bertz CT molecular complexity index is 560. The van der Waals surface area contributed by atoms with Crippen molar-refractivity contribution in [3.8, 4) is 6.07 Å². The molecule has 6 heteroatoms. The molecule has 1 aliphatic carbocycles. The van der Waals surface area contributed by atoms with Gasteiger partial charge in [-0.15, -0.1) is 0 Å². The van der Waals surface area contributed by atoms with Gasteiger partial charge in [-0.3, -0.25) is 0 Å². The number of fused-ring (bicyclic) bond motifs is 1. The molecular formula is C9H7ClN2O2S. The average molecular weight is 243 g/mol. The van der Waals surface area contributed by atoms with Gasteiger partial charge in [0.1, 0.15) is 6.07 Å². The number of aryl methyl sites for hydroxylation is 2. The molecule has 0 saturated heterocycles. The van der Waals surface area contributed by atoms with Crippen molar-refractivity contribution in [2.24, 2.45) is 0 Å². The highest BCUT2D eigenvalue weighted by Gasteiger charge is 2.22. The number of hydrogen-bond donors (Lipinski definition) is 0. The number of aromatic nitrogens is 1. The van der Waals surface area contributed by atoms with E-state index in [1.54, 1.807) is 12.1 Å². The van der Waals surface area contributed by atoms with Crippen molar-refractivity contribution in [3.63, 3.8) is 0 Å². The van der Waals surface area contributed by atoms with Gasteiger partial charge in [0.05, 0.1) is 5.56 Å². The third-order valence-corrected chi connectivity index (χ3v) is 3.58. The highest BCUT2D eigenvalue weighted by atomic mass is 35.7. The Hall–Kier alpha value is -1.12. The number of rotatable bonds is 1. The van der Waals surface area contributed by atoms with Gasteiger partial charge >= 0.3 is 0 Å². The van der Waals surface area contributed by atoms with Crippen LogP contribution in [0, 0.1) is 11.3 Å². The van der Waals surface area contributed by atoms with Gasteiger partial charge in [0, 0.05) is 16.4 Å². The van der Waals surface area contributed by atoms with Crippen LogP contribution in [0.2, 0.25) is 0 Å². The lowest BCUT2D eigenvalue weighted by molar-refractivity contribution is 0.605. The van der Waals surface area contributed by atoms with E-state index in [9.17, 15) is 8.42 Å². The van der Waals surface area contributed by atoms with Crippen LogP contribution in [0.1, 0.15) is 23.2 Å². The van der Waals surface area contributed by atoms with Gasteiger partial charge in [0.2, 0.25) is 0 Å². The van der Waals surface area contributed by atoms with Crippen LogP contribution in [-0.4, -0.2) is 13.4 Å². The summed E-state index contributed by atoms with van der Waals surface area (Å²) >= 11 is 0. The second-order valence-corrected chi connectivity index (χ2v) is 5.83. The molecule has 1 heterocycles. The molecular weight excluding hydrogens is 236 g/mol. The van der Waals surface area contributed by atoms with Crippen molar-refractivity contribution in [1.82, 2.24) is 4.98 Å². The number of halogens is 1. The van der Waals surface area contributed by atoms with E-state index >= 15 is 0 Å². The zero-order valence-electron chi connectivity index (χ0n) is 7.70. The molecule has 78 valence electrons. The smallest absolute Gasteiger partial charge is 0.239 e. The largest absolute Gasteiger partial charge is 0.280 e. The third-order valence-electron chi connectivity index (χ3n) is 2.37. The summed E-state index contributed by atoms with van der Waals surface area (Å²) in [5.41, 5.74) is 1.73. The Balaban J connectivity index is 2.71. The minimum atomic E-state index is -3.93. The van der Waals surface area contributed by atoms with Crippen molar-refractivity contribution in [2.75, 3.05) is 0 Å². The lowest BCUT2D eigenvalue weighted by atomic mass is 10.2. The second-order valence-electron chi connectivity index (χ2n) is 3.35. The molecule has 1 aromatic rings. The maximum absolute atomic E-state index is 11.2. The fraction of sp³-hybridized carbons (Fsp3) is 0.333. The molecule has 1 aromatic heterocycles. The minimum absolute atomic E-state index is 0.0330. The monoisotopic (exact) mass is 242 g/mol. The molecule has 0 amide bonds. The van der Waals surface area contributed by atoms with E-state index in [0.29, 0.717) is 0 Å². The fourth-order valence-electron chi connectivity index (χ4n) is 1.72. The van der Waals surface area contributed by atoms with E-state index in [0.717, 1.165) is 30.5 Å². The number of nitrogens with zero attached hydrogens (tertiary/aromatic N) is 2. The zero-order chi connectivity index (χ0) is 11.1. The van der Waals surface area contributed by atoms with E-state index < -0.39 is 9.05 Å². The first-order valence-electron chi connectivity index (χ1n) is 4.40. The first-order valence-corrected chi connectivity index (χ1v) is 6.71. The highest BCUT2D eigenvalue weighted by Crippen LogP contribution is 2.26. The Morgan fingerprint density at radius 3 is 2.80 bits per heavy atom. The average Bonchev–Trinajstić information content (AvgIpc) is 2.60. The highest BCUT2D eigenvalue weighted by molar-refractivity contribution is 8.13. The maximum atomic E-state index is 11.2. The van der Waals surface area contributed by atoms with Crippen LogP contribution < -0.4 is 0 Å². The summed E-state index contributed by atoms with van der Waals surface area (Å²) in [4.78, 5) is 3.95. The second kappa shape index (κ2) is 3.47. The van der Waals surface area contributed by atoms with Crippen LogP contribution in [0.5, 0.6) is 0 Å². The Morgan fingerprint density at radius 1 is 1.47 bits per heavy atom. The summed E-state index contributed by atoms with van der Waals surface area (Å²) in [5, 5.41) is 8.49. The molecule has 4 nitrogen and oxygen atoms in total. The predicted molar refractivity (Wildman–Crippen MR) is 54.0 cm³/mol. The number of nitriles is 1. The van der Waals surface area contributed by atoms with Crippen molar-refractivity contribution in [3.05, 3.63) is 22.9 Å². The fourth-order valence-corrected chi connectivity index (χ4v) is 2.66. The van der Waals surface area contributed by atoms with Gasteiger partial charge < -0.3 is 0 Å². The van der Waals surface area contributed by atoms with E-state index in [1.807, 2.05) is 0 Å². The SMILES string of the molecule is N#Cc1cc2c(nc1S(=O)(=O)Cl)CCC2. The molecule has 0 N–H and O–H groups in total. The van der Waals surface area contributed by atoms with Crippen LogP contribution in [-0.2, 0) is 21.9 Å². The summed E-state index contributed by atoms with van der Waals surface area (Å²) in [7, 11) is 1.27. The van der Waals surface area contributed by atoms with E-state index in [2.05, 4.69) is 4.98 Å². The Morgan fingerprint density at radius 2 is 2.20 bits per heavy atom. The molecule has 0 aliphatic heterocycles. The van der Waals surface area contributed by atoms with Crippen LogP contribution in [0.4, 0.5) is 0 Å². The summed E-state index contributed by atoms with van der Waals surface area (Å²) in [5.74, 6) is 0. The molecule has 0 saturated carbocycles. The van der Waals surface area contributed by atoms with Crippen LogP contribution in [0.3, 0.4) is 0 Å². The molecule has 0 spiro atoms. The topological polar surface area (TPSA) is 70.8 Å². The standard InChI is InChI=1S/C9H7ClN2O2S/c10-15(13,14)9-7(5-11)4-6-2-1-3-8(6)12-9/h4H,1-3H2. The lowest BCUT2D eigenvalue weighted by Gasteiger charge is -2.03. The maximum Gasteiger partial charge on any atom is 0.280 e. The van der Waals surface area contributed by atoms with Gasteiger partial charge in [0.15, 0.2) is 5.03 Å². The van der Waals surface area contributed by atoms with Crippen molar-refractivity contribution >= 4 is 19.7 Å². The lowest BCUT2D eigenvalue weighted by Crippen LogP contribution is -2.03. The minimum Gasteiger partial charge on any atom is -0.239 e. The molecule has 0 atom stereocenters. The first kappa shape index (κ1) is 10.4. The number of pyridine rings is 1. The summed E-state index contributed by atoms with van der Waals surface area (Å²) in [6.07, 6.45) is 2.54. The van der Waals surface area contributed by atoms with Gasteiger partial charge in [-0.25, -0.2) is 13.4 Å². The quantitative estimate of drug-likeness (QED) is 0.698. The Kier molecular flexibility index (Phi) is 2.41. The van der Waals surface area contributed by atoms with Crippen molar-refractivity contribution in [2.45, 2.75) is 24.3 Å². The molecule has 2 rings (SSSR count). The van der Waals surface area contributed by atoms with Crippen LogP contribution >= 0.6 is 10.7 Å². The Labute approximate surface area is 91.9 Å². The summed E-state index contributed by atoms with van der Waals surface area (Å²) in [6.45, 7) is 0. The summed E-state index contributed by atoms with van der Waals surface area (Å²) in [6, 6.07) is 3.38. The van der Waals surface area contributed by atoms with Gasteiger partial charge in [0.25, 0.3) is 9.05 Å². The molecule has 1 aliphatic rings. The predicted octanol–water partition coefficient (Wildman–Crippen LogP) is 1.37. The molecule has 0 aromatic carbocycles. The van der Waals surface area contributed by atoms with Crippen LogP contribution in [0.15, 0.2) is 11.1 Å². The summed E-state index contributed by atoms with van der Waals surface area (Å²) < 4.78 is 22.3. The van der Waals surface area contributed by atoms with Gasteiger partial charge in [-0.1, -0.05) is 0 Å². The van der Waals surface area contributed by atoms with Gasteiger partial charge in [-0.05, 0) is 30.9 Å². The third kappa shape index (κ3) is 1.83. The zero-order valence-corrected chi connectivity index (χ0v) is 9.27.